The van der Waals surface area contributed by atoms with Gasteiger partial charge in [-0.25, -0.2) is 4.99 Å². The maximum Gasteiger partial charge on any atom is 0.253 e. The van der Waals surface area contributed by atoms with Crippen molar-refractivity contribution in [2.45, 2.75) is 6.42 Å². The molecule has 0 N–H and O–H groups in total. The van der Waals surface area contributed by atoms with E-state index in [0.717, 1.165) is 11.8 Å². The van der Waals surface area contributed by atoms with Crippen LogP contribution in [-0.4, -0.2) is 5.91 Å². The van der Waals surface area contributed by atoms with Gasteiger partial charge in [-0.15, -0.1) is 0 Å². The molecule has 1 amide bonds. The lowest BCUT2D eigenvalue weighted by atomic mass is 10.2. The number of hydrogen-bond donors (Lipinski definition) is 0. The zero-order valence-corrected chi connectivity index (χ0v) is 6.45. The molecule has 1 aromatic rings. The van der Waals surface area contributed by atoms with Gasteiger partial charge < -0.3 is 0 Å². The molecule has 1 fully saturated rings. The van der Waals surface area contributed by atoms with Crippen LogP contribution in [-0.2, 0) is 4.79 Å². The van der Waals surface area contributed by atoms with Gasteiger partial charge in [0.25, 0.3) is 5.91 Å². The van der Waals surface area contributed by atoms with Gasteiger partial charge in [0.1, 0.15) is 0 Å². The molecule has 1 aliphatic carbocycles. The lowest BCUT2D eigenvalue weighted by Gasteiger charge is -1.95. The number of amides is 1. The Morgan fingerprint density at radius 1 is 1.33 bits per heavy atom. The first-order valence-corrected chi connectivity index (χ1v) is 4.07. The van der Waals surface area contributed by atoms with E-state index in [-0.39, 0.29) is 11.8 Å². The Morgan fingerprint density at radius 2 is 2.17 bits per heavy atom. The average Bonchev–Trinajstić information content (AvgIpc) is 2.84. The van der Waals surface area contributed by atoms with Gasteiger partial charge in [-0.3, -0.25) is 4.79 Å². The van der Waals surface area contributed by atoms with E-state index >= 15 is 0 Å². The topological polar surface area (TPSA) is 29.4 Å². The Labute approximate surface area is 69.2 Å². The van der Waals surface area contributed by atoms with E-state index in [1.54, 1.807) is 0 Å². The number of carbonyl (C=O) groups excluding carboxylic acids is 1. The summed E-state index contributed by atoms with van der Waals surface area (Å²) in [5.74, 6) is 0.184. The van der Waals surface area contributed by atoms with E-state index < -0.39 is 0 Å². The predicted molar refractivity (Wildman–Crippen MR) is 43.7 cm³/mol. The highest BCUT2D eigenvalue weighted by molar-refractivity contribution is 5.97. The minimum atomic E-state index is 0.0451. The molecule has 1 aliphatic heterocycles. The van der Waals surface area contributed by atoms with Crippen molar-refractivity contribution in [2.75, 3.05) is 0 Å². The van der Waals surface area contributed by atoms with Crippen molar-refractivity contribution in [2.24, 2.45) is 10.9 Å². The summed E-state index contributed by atoms with van der Waals surface area (Å²) in [5.41, 5.74) is 1.28. The van der Waals surface area contributed by atoms with Crippen molar-refractivity contribution in [3.63, 3.8) is 0 Å². The zero-order chi connectivity index (χ0) is 8.13. The van der Waals surface area contributed by atoms with Crippen LogP contribution in [0.1, 0.15) is 6.42 Å². The van der Waals surface area contributed by atoms with Gasteiger partial charge in [0.2, 0.25) is 0 Å². The number of fused-ring (bicyclic) bond motifs is 2. The van der Waals surface area contributed by atoms with E-state index in [0.29, 0.717) is 0 Å². The van der Waals surface area contributed by atoms with Gasteiger partial charge in [-0.2, -0.15) is 0 Å². The van der Waals surface area contributed by atoms with Crippen molar-refractivity contribution in [1.82, 2.24) is 0 Å². The molecule has 1 heterocycles. The molecule has 12 heavy (non-hydrogen) atoms. The molecule has 2 nitrogen and oxygen atoms in total. The van der Waals surface area contributed by atoms with Crippen molar-refractivity contribution in [3.05, 3.63) is 34.8 Å². The standard InChI is InChI=1S/C10H7NO/c12-10-8-5-7(8)6-3-1-2-4-9(6)11-10/h1-4,8H,5H2. The minimum absolute atomic E-state index is 0.0451. The molecule has 3 rings (SSSR count). The smallest absolute Gasteiger partial charge is 0.253 e. The SMILES string of the molecule is O=C1N=c2ccccc2=C2CC12. The lowest BCUT2D eigenvalue weighted by Crippen LogP contribution is -2.29. The Balaban J connectivity index is 2.53. The van der Waals surface area contributed by atoms with Crippen LogP contribution in [0.4, 0.5) is 0 Å². The summed E-state index contributed by atoms with van der Waals surface area (Å²) in [6.07, 6.45) is 0.930. The fourth-order valence-corrected chi connectivity index (χ4v) is 1.73. The normalized spacial score (nSPS) is 24.2. The fraction of sp³-hybridized carbons (Fsp3) is 0.200. The molecule has 58 valence electrons. The van der Waals surface area contributed by atoms with E-state index in [9.17, 15) is 4.79 Å². The molecule has 2 aliphatic rings. The van der Waals surface area contributed by atoms with Crippen LogP contribution in [0, 0.1) is 5.92 Å². The second-order valence-electron chi connectivity index (χ2n) is 3.25. The fourth-order valence-electron chi connectivity index (χ4n) is 1.73. The van der Waals surface area contributed by atoms with Gasteiger partial charge in [0.05, 0.1) is 11.3 Å². The molecule has 1 aromatic carbocycles. The van der Waals surface area contributed by atoms with Gasteiger partial charge in [0, 0.05) is 5.22 Å². The molecular formula is C10H7NO. The third-order valence-corrected chi connectivity index (χ3v) is 2.46. The molecule has 0 spiro atoms. The molecule has 1 saturated carbocycles. The van der Waals surface area contributed by atoms with Crippen molar-refractivity contribution < 1.29 is 4.79 Å². The molecule has 0 bridgehead atoms. The van der Waals surface area contributed by atoms with Crippen LogP contribution >= 0.6 is 0 Å². The summed E-state index contributed by atoms with van der Waals surface area (Å²) in [6.45, 7) is 0. The van der Waals surface area contributed by atoms with Gasteiger partial charge in [0.15, 0.2) is 0 Å². The van der Waals surface area contributed by atoms with Crippen LogP contribution in [0.25, 0.3) is 5.57 Å². The van der Waals surface area contributed by atoms with Crippen LogP contribution in [0.2, 0.25) is 0 Å². The number of nitrogens with zero attached hydrogens (tertiary/aromatic N) is 1. The second-order valence-corrected chi connectivity index (χ2v) is 3.25. The highest BCUT2D eigenvalue weighted by Crippen LogP contribution is 2.39. The third-order valence-electron chi connectivity index (χ3n) is 2.46. The number of carbonyl (C=O) groups is 1. The van der Waals surface area contributed by atoms with Crippen LogP contribution in [0.5, 0.6) is 0 Å². The summed E-state index contributed by atoms with van der Waals surface area (Å²) < 4.78 is 0. The highest BCUT2D eigenvalue weighted by Gasteiger charge is 2.39. The summed E-state index contributed by atoms with van der Waals surface area (Å²) in [7, 11) is 0. The van der Waals surface area contributed by atoms with E-state index in [1.165, 1.54) is 10.8 Å². The zero-order valence-electron chi connectivity index (χ0n) is 6.45. The first-order chi connectivity index (χ1) is 5.86. The number of hydrogen-bond acceptors (Lipinski definition) is 1. The van der Waals surface area contributed by atoms with Gasteiger partial charge >= 0.3 is 0 Å². The molecule has 2 heteroatoms. The van der Waals surface area contributed by atoms with E-state index in [2.05, 4.69) is 4.99 Å². The number of benzene rings is 1. The van der Waals surface area contributed by atoms with Crippen molar-refractivity contribution in [3.8, 4) is 0 Å². The summed E-state index contributed by atoms with van der Waals surface area (Å²) >= 11 is 0. The Hall–Kier alpha value is -1.44. The lowest BCUT2D eigenvalue weighted by molar-refractivity contribution is -0.118. The first-order valence-electron chi connectivity index (χ1n) is 4.07. The Kier molecular flexibility index (Phi) is 0.933. The second kappa shape index (κ2) is 1.83. The van der Waals surface area contributed by atoms with Gasteiger partial charge in [-0.1, -0.05) is 18.2 Å². The monoisotopic (exact) mass is 157 g/mol. The summed E-state index contributed by atoms with van der Waals surface area (Å²) in [4.78, 5) is 15.2. The maximum atomic E-state index is 11.2. The highest BCUT2D eigenvalue weighted by atomic mass is 16.1. The van der Waals surface area contributed by atoms with E-state index in [4.69, 9.17) is 0 Å². The first kappa shape index (κ1) is 6.12. The quantitative estimate of drug-likeness (QED) is 0.522. The molecular weight excluding hydrogens is 150 g/mol. The van der Waals surface area contributed by atoms with Crippen LogP contribution < -0.4 is 10.6 Å². The summed E-state index contributed by atoms with van der Waals surface area (Å²) in [5, 5.41) is 2.04. The van der Waals surface area contributed by atoms with Crippen LogP contribution in [0.3, 0.4) is 0 Å². The average molecular weight is 157 g/mol. The Morgan fingerprint density at radius 3 is 3.08 bits per heavy atom. The summed E-state index contributed by atoms with van der Waals surface area (Å²) in [6, 6.07) is 7.85. The van der Waals surface area contributed by atoms with Crippen LogP contribution in [0.15, 0.2) is 29.3 Å². The molecule has 0 radical (unpaired) electrons. The number of rotatable bonds is 0. The maximum absolute atomic E-state index is 11.2. The largest absolute Gasteiger partial charge is 0.272 e. The van der Waals surface area contributed by atoms with E-state index in [1.807, 2.05) is 24.3 Å². The predicted octanol–water partition coefficient (Wildman–Crippen LogP) is 0.0170. The van der Waals surface area contributed by atoms with Crippen molar-refractivity contribution in [1.29, 1.82) is 0 Å². The van der Waals surface area contributed by atoms with Crippen molar-refractivity contribution >= 4 is 11.5 Å². The molecule has 0 saturated heterocycles. The Bertz CT molecular complexity index is 487. The molecule has 1 atom stereocenters. The minimum Gasteiger partial charge on any atom is -0.272 e. The number of para-hydroxylation sites is 1. The third kappa shape index (κ3) is 0.644. The molecule has 0 aromatic heterocycles. The molecule has 1 unspecified atom stereocenters. The van der Waals surface area contributed by atoms with Gasteiger partial charge in [-0.05, 0) is 18.1 Å².